The number of unbranched alkanes of at least 4 members (excludes halogenated alkanes) is 2. The summed E-state index contributed by atoms with van der Waals surface area (Å²) in [5.41, 5.74) is 0. The monoisotopic (exact) mass is 283 g/mol. The lowest BCUT2D eigenvalue weighted by Crippen LogP contribution is -2.18. The first-order valence-electron chi connectivity index (χ1n) is 6.58. The molecule has 0 saturated carbocycles. The molecule has 0 aliphatic rings. The zero-order chi connectivity index (χ0) is 15.2. The molecule has 0 fully saturated rings. The lowest BCUT2D eigenvalue weighted by molar-refractivity contribution is -0.143. The largest absolute Gasteiger partial charge is 0.466 e. The Morgan fingerprint density at radius 3 is 2.70 bits per heavy atom. The molecule has 0 radical (unpaired) electrons. The number of ether oxygens (including phenoxy) is 2. The highest BCUT2D eigenvalue weighted by atomic mass is 16.5. The van der Waals surface area contributed by atoms with Crippen molar-refractivity contribution in [3.63, 3.8) is 0 Å². The maximum Gasteiger partial charge on any atom is 0.305 e. The summed E-state index contributed by atoms with van der Waals surface area (Å²) in [4.78, 5) is 21.6. The van der Waals surface area contributed by atoms with Gasteiger partial charge in [-0.15, -0.1) is 0 Å². The van der Waals surface area contributed by atoms with E-state index >= 15 is 0 Å². The van der Waals surface area contributed by atoms with Crippen molar-refractivity contribution >= 4 is 18.2 Å². The van der Waals surface area contributed by atoms with Crippen LogP contribution in [0.25, 0.3) is 0 Å². The number of nitriles is 1. The Bertz CT molecular complexity index is 363. The third kappa shape index (κ3) is 11.0. The molecule has 0 atom stereocenters. The summed E-state index contributed by atoms with van der Waals surface area (Å²) in [6.07, 6.45) is 6.08. The molecule has 0 heterocycles. The molecule has 0 aliphatic carbocycles. The first kappa shape index (κ1) is 17.9. The summed E-state index contributed by atoms with van der Waals surface area (Å²) in [5.74, 6) is -0.574. The predicted molar refractivity (Wildman–Crippen MR) is 72.5 cm³/mol. The lowest BCUT2D eigenvalue weighted by Gasteiger charge is -2.08. The predicted octanol–water partition coefficient (Wildman–Crippen LogP) is 1.44. The summed E-state index contributed by atoms with van der Waals surface area (Å²) < 4.78 is 9.51. The highest BCUT2D eigenvalue weighted by Gasteiger charge is 2.01. The number of esters is 2. The van der Waals surface area contributed by atoms with Gasteiger partial charge >= 0.3 is 11.9 Å². The highest BCUT2D eigenvalue weighted by molar-refractivity contribution is 5.69. The summed E-state index contributed by atoms with van der Waals surface area (Å²) in [6.45, 7) is 3.85. The van der Waals surface area contributed by atoms with E-state index in [1.54, 1.807) is 13.1 Å². The normalized spacial score (nSPS) is 10.1. The van der Waals surface area contributed by atoms with Crippen LogP contribution in [0.4, 0.5) is 0 Å². The van der Waals surface area contributed by atoms with Crippen molar-refractivity contribution in [2.45, 2.75) is 39.5 Å². The van der Waals surface area contributed by atoms with Gasteiger partial charge in [-0.2, -0.15) is 15.4 Å². The Hall–Kier alpha value is -2.10. The molecule has 0 N–H and O–H groups in total. The molecule has 20 heavy (non-hydrogen) atoms. The average molecular weight is 283 g/mol. The van der Waals surface area contributed by atoms with Crippen LogP contribution in [0.5, 0.6) is 0 Å². The number of rotatable bonds is 10. The van der Waals surface area contributed by atoms with Crippen LogP contribution in [0, 0.1) is 11.5 Å². The van der Waals surface area contributed by atoms with Crippen molar-refractivity contribution in [2.24, 2.45) is 5.10 Å². The van der Waals surface area contributed by atoms with E-state index in [0.717, 1.165) is 17.9 Å². The Kier molecular flexibility index (Phi) is 10.7. The van der Waals surface area contributed by atoms with E-state index in [2.05, 4.69) is 5.10 Å². The standard InChI is InChI=1S/C13H21N3O4/c1-3-19-13(18)7-5-4-6-8-15-16(11-14)9-10-20-12(2)17/h8H,3-7,9-10H2,1-2H3/b15-8+. The quantitative estimate of drug-likeness (QED) is 0.150. The van der Waals surface area contributed by atoms with Crippen molar-refractivity contribution in [2.75, 3.05) is 19.8 Å². The SMILES string of the molecule is CCOC(=O)CCCC/C=N/N(C#N)CCOC(C)=O. The first-order chi connectivity index (χ1) is 9.60. The molecule has 0 aromatic carbocycles. The molecule has 0 spiro atoms. The molecule has 112 valence electrons. The Morgan fingerprint density at radius 2 is 2.10 bits per heavy atom. The molecule has 0 saturated heterocycles. The van der Waals surface area contributed by atoms with Crippen LogP contribution in [0.3, 0.4) is 0 Å². The van der Waals surface area contributed by atoms with E-state index in [-0.39, 0.29) is 25.1 Å². The lowest BCUT2D eigenvalue weighted by atomic mass is 10.2. The van der Waals surface area contributed by atoms with Gasteiger partial charge in [-0.1, -0.05) is 0 Å². The zero-order valence-electron chi connectivity index (χ0n) is 12.0. The second kappa shape index (κ2) is 12.0. The molecular weight excluding hydrogens is 262 g/mol. The van der Waals surface area contributed by atoms with Crippen LogP contribution in [-0.2, 0) is 19.1 Å². The van der Waals surface area contributed by atoms with Crippen molar-refractivity contribution < 1.29 is 19.1 Å². The molecule has 0 aromatic rings. The van der Waals surface area contributed by atoms with Gasteiger partial charge in [0.05, 0.1) is 13.2 Å². The van der Waals surface area contributed by atoms with Crippen LogP contribution >= 0.6 is 0 Å². The highest BCUT2D eigenvalue weighted by Crippen LogP contribution is 2.00. The minimum atomic E-state index is -0.383. The number of hydrazone groups is 1. The minimum absolute atomic E-state index is 0.128. The first-order valence-corrected chi connectivity index (χ1v) is 6.58. The van der Waals surface area contributed by atoms with Crippen molar-refractivity contribution in [3.8, 4) is 6.19 Å². The van der Waals surface area contributed by atoms with E-state index in [1.165, 1.54) is 6.92 Å². The maximum absolute atomic E-state index is 11.1. The molecule has 0 unspecified atom stereocenters. The Balaban J connectivity index is 3.67. The third-order valence-corrected chi connectivity index (χ3v) is 2.21. The molecule has 0 amide bonds. The fourth-order valence-corrected chi connectivity index (χ4v) is 1.30. The van der Waals surface area contributed by atoms with Crippen LogP contribution in [0.1, 0.15) is 39.5 Å². The van der Waals surface area contributed by atoms with Gasteiger partial charge in [0.2, 0.25) is 6.19 Å². The minimum Gasteiger partial charge on any atom is -0.466 e. The molecule has 0 aromatic heterocycles. The number of nitrogens with zero attached hydrogens (tertiary/aromatic N) is 3. The molecule has 7 nitrogen and oxygen atoms in total. The van der Waals surface area contributed by atoms with Gasteiger partial charge in [0, 0.05) is 19.6 Å². The van der Waals surface area contributed by atoms with E-state index in [1.807, 2.05) is 6.19 Å². The molecular formula is C13H21N3O4. The molecule has 7 heteroatoms. The van der Waals surface area contributed by atoms with Crippen LogP contribution < -0.4 is 0 Å². The summed E-state index contributed by atoms with van der Waals surface area (Å²) in [7, 11) is 0. The van der Waals surface area contributed by atoms with E-state index in [9.17, 15) is 9.59 Å². The van der Waals surface area contributed by atoms with Gasteiger partial charge in [-0.25, -0.2) is 0 Å². The second-order valence-electron chi connectivity index (χ2n) is 3.91. The van der Waals surface area contributed by atoms with E-state index in [0.29, 0.717) is 19.4 Å². The topological polar surface area (TPSA) is 92.0 Å². The van der Waals surface area contributed by atoms with Gasteiger partial charge in [0.15, 0.2) is 0 Å². The molecule has 0 aliphatic heterocycles. The van der Waals surface area contributed by atoms with Crippen molar-refractivity contribution in [1.29, 1.82) is 5.26 Å². The van der Waals surface area contributed by atoms with Crippen molar-refractivity contribution in [3.05, 3.63) is 0 Å². The van der Waals surface area contributed by atoms with Gasteiger partial charge in [0.1, 0.15) is 6.61 Å². The van der Waals surface area contributed by atoms with Crippen molar-refractivity contribution in [1.82, 2.24) is 5.01 Å². The Labute approximate surface area is 119 Å². The van der Waals surface area contributed by atoms with Crippen LogP contribution in [0.2, 0.25) is 0 Å². The maximum atomic E-state index is 11.1. The second-order valence-corrected chi connectivity index (χ2v) is 3.91. The molecule has 0 rings (SSSR count). The molecule has 0 bridgehead atoms. The number of carbonyl (C=O) groups is 2. The van der Waals surface area contributed by atoms with E-state index < -0.39 is 0 Å². The van der Waals surface area contributed by atoms with Gasteiger partial charge in [0.25, 0.3) is 0 Å². The third-order valence-electron chi connectivity index (χ3n) is 2.21. The van der Waals surface area contributed by atoms with E-state index in [4.69, 9.17) is 14.7 Å². The van der Waals surface area contributed by atoms with Gasteiger partial charge in [-0.05, 0) is 26.2 Å². The number of carbonyl (C=O) groups excluding carboxylic acids is 2. The van der Waals surface area contributed by atoms with Crippen LogP contribution in [-0.4, -0.2) is 42.9 Å². The Morgan fingerprint density at radius 1 is 1.35 bits per heavy atom. The van der Waals surface area contributed by atoms with Crippen LogP contribution in [0.15, 0.2) is 5.10 Å². The van der Waals surface area contributed by atoms with Gasteiger partial charge < -0.3 is 9.47 Å². The van der Waals surface area contributed by atoms with Gasteiger partial charge in [-0.3, -0.25) is 9.59 Å². The fourth-order valence-electron chi connectivity index (χ4n) is 1.30. The summed E-state index contributed by atoms with van der Waals surface area (Å²) >= 11 is 0. The summed E-state index contributed by atoms with van der Waals surface area (Å²) in [6, 6.07) is 0. The number of hydrogen-bond acceptors (Lipinski definition) is 7. The summed E-state index contributed by atoms with van der Waals surface area (Å²) in [5, 5.41) is 13.9. The zero-order valence-corrected chi connectivity index (χ0v) is 12.0. The average Bonchev–Trinajstić information content (AvgIpc) is 2.40. The fraction of sp³-hybridized carbons (Fsp3) is 0.692. The smallest absolute Gasteiger partial charge is 0.305 e. The number of hydrogen-bond donors (Lipinski definition) is 0.